The Balaban J connectivity index is 2.79. The highest BCUT2D eigenvalue weighted by molar-refractivity contribution is 5.74. The normalized spacial score (nSPS) is 11.6. The van der Waals surface area contributed by atoms with Gasteiger partial charge in [0.15, 0.2) is 5.52 Å². The number of nitrogens with one attached hydrogen (secondary N) is 1. The number of hydrogen-bond donors (Lipinski definition) is 1. The molecule has 0 spiro atoms. The summed E-state index contributed by atoms with van der Waals surface area (Å²) in [6.07, 6.45) is 1.34. The summed E-state index contributed by atoms with van der Waals surface area (Å²) in [4.78, 5) is 30.4. The Kier molecular flexibility index (Phi) is 1.44. The van der Waals surface area contributed by atoms with Gasteiger partial charge in [0.2, 0.25) is 5.78 Å². The highest BCUT2D eigenvalue weighted by Gasteiger charge is 2.15. The fraction of sp³-hybridized carbons (Fsp3) is 0.250. The topological polar surface area (TPSA) is 90.0 Å². The van der Waals surface area contributed by atoms with Gasteiger partial charge in [0.05, 0.1) is 0 Å². The molecule has 0 saturated heterocycles. The van der Waals surface area contributed by atoms with E-state index in [-0.39, 0.29) is 5.69 Å². The van der Waals surface area contributed by atoms with Crippen LogP contribution >= 0.6 is 0 Å². The standard InChI is InChI=1S/C8H8N6O2/c1-12-5-4(6(15)13(2)8(12)16)14-7(11-5)9-3-10-14/h3H,1-2H3,(H,9,10,11). The lowest BCUT2D eigenvalue weighted by atomic mass is 10.5. The number of rotatable bonds is 0. The van der Waals surface area contributed by atoms with E-state index in [0.29, 0.717) is 16.9 Å². The molecule has 3 rings (SSSR count). The Morgan fingerprint density at radius 3 is 2.75 bits per heavy atom. The predicted octanol–water partition coefficient (Wildman–Crippen LogP) is -1.39. The lowest BCUT2D eigenvalue weighted by Crippen LogP contribution is -2.37. The zero-order valence-corrected chi connectivity index (χ0v) is 8.63. The Morgan fingerprint density at radius 1 is 1.25 bits per heavy atom. The van der Waals surface area contributed by atoms with Crippen LogP contribution in [0.3, 0.4) is 0 Å². The van der Waals surface area contributed by atoms with Gasteiger partial charge in [-0.1, -0.05) is 0 Å². The molecular weight excluding hydrogens is 212 g/mol. The fourth-order valence-corrected chi connectivity index (χ4v) is 1.76. The molecule has 3 aromatic heterocycles. The van der Waals surface area contributed by atoms with E-state index in [9.17, 15) is 9.59 Å². The van der Waals surface area contributed by atoms with Gasteiger partial charge in [-0.25, -0.2) is 4.79 Å². The first kappa shape index (κ1) is 8.89. The van der Waals surface area contributed by atoms with Crippen LogP contribution in [0.5, 0.6) is 0 Å². The molecule has 0 bridgehead atoms. The van der Waals surface area contributed by atoms with Gasteiger partial charge in [-0.05, 0) is 0 Å². The molecule has 82 valence electrons. The van der Waals surface area contributed by atoms with E-state index in [4.69, 9.17) is 0 Å². The van der Waals surface area contributed by atoms with Gasteiger partial charge in [-0.15, -0.1) is 0 Å². The summed E-state index contributed by atoms with van der Waals surface area (Å²) >= 11 is 0. The van der Waals surface area contributed by atoms with Gasteiger partial charge in [-0.2, -0.15) is 14.6 Å². The minimum atomic E-state index is -0.394. The lowest BCUT2D eigenvalue weighted by Gasteiger charge is -2.01. The monoisotopic (exact) mass is 220 g/mol. The Labute approximate surface area is 87.8 Å². The third kappa shape index (κ3) is 0.835. The summed E-state index contributed by atoms with van der Waals surface area (Å²) in [5.41, 5.74) is -0.0438. The summed E-state index contributed by atoms with van der Waals surface area (Å²) in [6.45, 7) is 0. The minimum Gasteiger partial charge on any atom is -0.308 e. The van der Waals surface area contributed by atoms with E-state index in [1.165, 1.54) is 22.5 Å². The van der Waals surface area contributed by atoms with Gasteiger partial charge in [0, 0.05) is 14.1 Å². The number of fused-ring (bicyclic) bond motifs is 3. The van der Waals surface area contributed by atoms with E-state index in [0.717, 1.165) is 4.57 Å². The van der Waals surface area contributed by atoms with Crippen LogP contribution < -0.4 is 11.2 Å². The summed E-state index contributed by atoms with van der Waals surface area (Å²) < 4.78 is 3.78. The highest BCUT2D eigenvalue weighted by Crippen LogP contribution is 2.06. The second-order valence-electron chi connectivity index (χ2n) is 3.52. The quantitative estimate of drug-likeness (QED) is 0.505. The summed E-state index contributed by atoms with van der Waals surface area (Å²) in [5, 5.41) is 3.93. The maximum atomic E-state index is 11.9. The number of aromatic nitrogens is 6. The van der Waals surface area contributed by atoms with Crippen LogP contribution in [0.2, 0.25) is 0 Å². The van der Waals surface area contributed by atoms with Crippen molar-refractivity contribution in [3.63, 3.8) is 0 Å². The van der Waals surface area contributed by atoms with Gasteiger partial charge >= 0.3 is 5.69 Å². The maximum Gasteiger partial charge on any atom is 0.332 e. The predicted molar refractivity (Wildman–Crippen MR) is 55.3 cm³/mol. The number of H-pyrrole nitrogens is 1. The molecule has 0 fully saturated rings. The second kappa shape index (κ2) is 2.60. The highest BCUT2D eigenvalue weighted by atomic mass is 16.2. The van der Waals surface area contributed by atoms with Crippen molar-refractivity contribution in [1.82, 2.24) is 28.7 Å². The molecule has 0 aromatic carbocycles. The molecule has 0 aliphatic carbocycles. The van der Waals surface area contributed by atoms with Crippen molar-refractivity contribution in [1.29, 1.82) is 0 Å². The van der Waals surface area contributed by atoms with E-state index in [2.05, 4.69) is 15.1 Å². The molecule has 8 heteroatoms. The molecule has 16 heavy (non-hydrogen) atoms. The average molecular weight is 220 g/mol. The zero-order valence-electron chi connectivity index (χ0n) is 8.63. The number of hydrogen-bond acceptors (Lipinski definition) is 4. The molecule has 0 atom stereocenters. The number of imidazole rings is 1. The average Bonchev–Trinajstić information content (AvgIpc) is 2.82. The third-order valence-corrected chi connectivity index (χ3v) is 2.63. The van der Waals surface area contributed by atoms with Crippen LogP contribution in [-0.4, -0.2) is 28.7 Å². The molecule has 3 heterocycles. The zero-order chi connectivity index (χ0) is 11.4. The maximum absolute atomic E-state index is 11.9. The van der Waals surface area contributed by atoms with Crippen molar-refractivity contribution in [3.05, 3.63) is 27.2 Å². The first-order chi connectivity index (χ1) is 7.61. The summed E-state index contributed by atoms with van der Waals surface area (Å²) in [6, 6.07) is 0. The van der Waals surface area contributed by atoms with E-state index < -0.39 is 5.56 Å². The van der Waals surface area contributed by atoms with Crippen LogP contribution in [0.25, 0.3) is 16.9 Å². The fourth-order valence-electron chi connectivity index (χ4n) is 1.76. The van der Waals surface area contributed by atoms with Crippen LogP contribution in [0, 0.1) is 0 Å². The Morgan fingerprint density at radius 2 is 2.00 bits per heavy atom. The van der Waals surface area contributed by atoms with Crippen molar-refractivity contribution in [2.24, 2.45) is 14.1 Å². The number of aryl methyl sites for hydroxylation is 1. The Bertz CT molecular complexity index is 817. The van der Waals surface area contributed by atoms with E-state index >= 15 is 0 Å². The van der Waals surface area contributed by atoms with Crippen LogP contribution in [-0.2, 0) is 14.1 Å². The SMILES string of the molecule is Cn1c(=O)c2c([nH]c3ncnn32)n(C)c1=O. The van der Waals surface area contributed by atoms with Crippen LogP contribution in [0.15, 0.2) is 15.9 Å². The molecule has 0 saturated carbocycles. The van der Waals surface area contributed by atoms with Crippen molar-refractivity contribution >= 4 is 16.9 Å². The van der Waals surface area contributed by atoms with Gasteiger partial charge in [0.25, 0.3) is 5.56 Å². The van der Waals surface area contributed by atoms with Crippen molar-refractivity contribution in [3.8, 4) is 0 Å². The van der Waals surface area contributed by atoms with Gasteiger partial charge in [0.1, 0.15) is 12.0 Å². The summed E-state index contributed by atoms with van der Waals surface area (Å²) in [7, 11) is 3.01. The van der Waals surface area contributed by atoms with Crippen molar-refractivity contribution in [2.45, 2.75) is 0 Å². The Hall–Kier alpha value is -2.38. The molecular formula is C8H8N6O2. The molecule has 1 N–H and O–H groups in total. The second-order valence-corrected chi connectivity index (χ2v) is 3.52. The van der Waals surface area contributed by atoms with Crippen LogP contribution in [0.4, 0.5) is 0 Å². The first-order valence-corrected chi connectivity index (χ1v) is 4.58. The van der Waals surface area contributed by atoms with Crippen molar-refractivity contribution < 1.29 is 0 Å². The minimum absolute atomic E-state index is 0.317. The molecule has 3 aromatic rings. The van der Waals surface area contributed by atoms with Gasteiger partial charge < -0.3 is 4.98 Å². The molecule has 0 aliphatic heterocycles. The van der Waals surface area contributed by atoms with Crippen molar-refractivity contribution in [2.75, 3.05) is 0 Å². The molecule has 0 unspecified atom stereocenters. The summed E-state index contributed by atoms with van der Waals surface area (Å²) in [5.74, 6) is 0.438. The third-order valence-electron chi connectivity index (χ3n) is 2.63. The van der Waals surface area contributed by atoms with Crippen LogP contribution in [0.1, 0.15) is 0 Å². The number of nitrogens with zero attached hydrogens (tertiary/aromatic N) is 5. The lowest BCUT2D eigenvalue weighted by molar-refractivity contribution is 0.706. The molecule has 0 amide bonds. The van der Waals surface area contributed by atoms with E-state index in [1.54, 1.807) is 7.05 Å². The van der Waals surface area contributed by atoms with Gasteiger partial charge in [-0.3, -0.25) is 13.9 Å². The molecule has 8 nitrogen and oxygen atoms in total. The molecule has 0 aliphatic rings. The largest absolute Gasteiger partial charge is 0.332 e. The number of aromatic amines is 1. The smallest absolute Gasteiger partial charge is 0.308 e. The van der Waals surface area contributed by atoms with E-state index in [1.807, 2.05) is 0 Å². The molecule has 0 radical (unpaired) electrons. The first-order valence-electron chi connectivity index (χ1n) is 4.58.